The van der Waals surface area contributed by atoms with Gasteiger partial charge in [0.1, 0.15) is 58.5 Å². The highest BCUT2D eigenvalue weighted by atomic mass is 127. The molecule has 16 nitrogen and oxygen atoms in total. The highest BCUT2D eigenvalue weighted by molar-refractivity contribution is 14.1. The summed E-state index contributed by atoms with van der Waals surface area (Å²) < 4.78 is 50.7. The van der Waals surface area contributed by atoms with Crippen molar-refractivity contribution in [2.45, 2.75) is 59.8 Å². The number of aromatic nitrogens is 3. The van der Waals surface area contributed by atoms with E-state index < -0.39 is 76.3 Å². The van der Waals surface area contributed by atoms with Crippen LogP contribution in [0, 0.1) is 0 Å². The summed E-state index contributed by atoms with van der Waals surface area (Å²) in [5.41, 5.74) is 1.42. The molecule has 0 saturated carbocycles. The Hall–Kier alpha value is -0.790. The maximum atomic E-state index is 12.8. The van der Waals surface area contributed by atoms with Crippen LogP contribution in [0.2, 0.25) is 0 Å². The predicted molar refractivity (Wildman–Crippen MR) is 137 cm³/mol. The van der Waals surface area contributed by atoms with Crippen LogP contribution in [0.5, 0.6) is 0 Å². The predicted octanol–water partition coefficient (Wildman–Crippen LogP) is -0.170. The fourth-order valence-corrected chi connectivity index (χ4v) is 7.50. The third kappa shape index (κ3) is 5.68. The van der Waals surface area contributed by atoms with E-state index in [1.54, 1.807) is 33.4 Å². The first-order chi connectivity index (χ1) is 18.1. The quantitative estimate of drug-likeness (QED) is 0.114. The average Bonchev–Trinajstić information content (AvgIpc) is 3.40. The van der Waals surface area contributed by atoms with Crippen LogP contribution in [-0.2, 0) is 38.6 Å². The molecule has 2 fully saturated rings. The second kappa shape index (κ2) is 11.6. The van der Waals surface area contributed by atoms with Gasteiger partial charge in [-0.05, 0) is 41.0 Å². The van der Waals surface area contributed by atoms with E-state index >= 15 is 0 Å². The summed E-state index contributed by atoms with van der Waals surface area (Å²) >= 11 is 1.74. The van der Waals surface area contributed by atoms with E-state index in [0.717, 1.165) is 30.3 Å². The van der Waals surface area contributed by atoms with E-state index in [-0.39, 0.29) is 0 Å². The average molecular weight is 692 g/mol. The molecule has 0 bridgehead atoms. The van der Waals surface area contributed by atoms with Crippen molar-refractivity contribution >= 4 is 55.5 Å². The van der Waals surface area contributed by atoms with Gasteiger partial charge < -0.3 is 49.0 Å². The molecule has 6 N–H and O–H groups in total. The topological polar surface area (TPSA) is 224 Å². The summed E-state index contributed by atoms with van der Waals surface area (Å²) in [7, 11) is -8.25. The van der Waals surface area contributed by atoms with E-state index in [4.69, 9.17) is 27.9 Å². The maximum Gasteiger partial charge on any atom is 0.472 e. The molecule has 0 spiro atoms. The molecule has 5 heterocycles. The lowest BCUT2D eigenvalue weighted by atomic mass is 10.1. The van der Waals surface area contributed by atoms with E-state index in [1.165, 1.54) is 6.33 Å². The molecular weight excluding hydrogens is 665 g/mol. The van der Waals surface area contributed by atoms with E-state index in [9.17, 15) is 29.3 Å². The fourth-order valence-electron chi connectivity index (χ4n) is 4.81. The molecule has 19 heteroatoms. The zero-order valence-electron chi connectivity index (χ0n) is 19.6. The number of halogens is 1. The number of aliphatic hydroxyl groups excluding tert-OH is 3. The van der Waals surface area contributed by atoms with Gasteiger partial charge in [0, 0.05) is 12.7 Å². The normalized spacial score (nSPS) is 35.6. The Morgan fingerprint density at radius 2 is 2.03 bits per heavy atom. The lowest BCUT2D eigenvalue weighted by Crippen LogP contribution is -2.36. The van der Waals surface area contributed by atoms with Gasteiger partial charge in [-0.1, -0.05) is 0 Å². The molecule has 3 aliphatic rings. The van der Waals surface area contributed by atoms with Gasteiger partial charge in [-0.15, -0.1) is 0 Å². The Morgan fingerprint density at radius 1 is 1.24 bits per heavy atom. The zero-order chi connectivity index (χ0) is 27.2. The van der Waals surface area contributed by atoms with Crippen molar-refractivity contribution in [3.8, 4) is 0 Å². The lowest BCUT2D eigenvalue weighted by Gasteiger charge is -2.23. The molecule has 2 saturated heterocycles. The van der Waals surface area contributed by atoms with Crippen molar-refractivity contribution in [2.24, 2.45) is 0 Å². The minimum Gasteiger partial charge on any atom is -0.394 e. The SMILES string of the molecule is O=[PH](O)O[C@@H]1[C@H](O)[C@@H](COP(=O)(O)O[C@H]2[C@@H](O)[C@H](n3cc4c5c(ncnc53)NCCC4)O[C@@H]2CO)O[C@H]1I. The van der Waals surface area contributed by atoms with Crippen LogP contribution in [0.15, 0.2) is 12.5 Å². The number of alkyl halides is 1. The smallest absolute Gasteiger partial charge is 0.394 e. The highest BCUT2D eigenvalue weighted by Crippen LogP contribution is 2.49. The summed E-state index contributed by atoms with van der Waals surface area (Å²) in [4.78, 5) is 27.9. The molecule has 10 atom stereocenters. The minimum atomic E-state index is -4.88. The van der Waals surface area contributed by atoms with Gasteiger partial charge in [0.15, 0.2) is 6.23 Å². The number of rotatable bonds is 9. The van der Waals surface area contributed by atoms with Crippen LogP contribution >= 0.6 is 38.7 Å². The molecule has 0 aromatic carbocycles. The molecule has 3 aliphatic heterocycles. The Morgan fingerprint density at radius 3 is 2.76 bits per heavy atom. The number of anilines is 1. The molecule has 212 valence electrons. The number of aliphatic hydroxyl groups is 3. The number of phosphoric acid groups is 1. The van der Waals surface area contributed by atoms with Crippen molar-refractivity contribution < 1.29 is 57.3 Å². The van der Waals surface area contributed by atoms with Crippen LogP contribution < -0.4 is 5.32 Å². The van der Waals surface area contributed by atoms with Crippen molar-refractivity contribution in [1.29, 1.82) is 0 Å². The molecule has 5 rings (SSSR count). The number of nitrogens with one attached hydrogen (secondary N) is 1. The Labute approximate surface area is 229 Å². The van der Waals surface area contributed by atoms with E-state index in [1.807, 2.05) is 0 Å². The lowest BCUT2D eigenvalue weighted by molar-refractivity contribution is -0.0517. The number of phosphoric ester groups is 1. The molecule has 0 amide bonds. The largest absolute Gasteiger partial charge is 0.472 e. The van der Waals surface area contributed by atoms with Gasteiger partial charge in [-0.25, -0.2) is 14.5 Å². The third-order valence-electron chi connectivity index (χ3n) is 6.54. The third-order valence-corrected chi connectivity index (χ3v) is 9.00. The first kappa shape index (κ1) is 28.7. The van der Waals surface area contributed by atoms with E-state index in [0.29, 0.717) is 11.5 Å². The van der Waals surface area contributed by atoms with Crippen LogP contribution in [-0.4, -0.2) is 100 Å². The summed E-state index contributed by atoms with van der Waals surface area (Å²) in [5, 5.41) is 35.2. The molecule has 0 radical (unpaired) electrons. The van der Waals surface area contributed by atoms with Crippen LogP contribution in [0.1, 0.15) is 18.2 Å². The Bertz CT molecular complexity index is 1240. The van der Waals surface area contributed by atoms with Crippen molar-refractivity contribution in [3.63, 3.8) is 0 Å². The van der Waals surface area contributed by atoms with Crippen LogP contribution in [0.25, 0.3) is 11.0 Å². The van der Waals surface area contributed by atoms with E-state index in [2.05, 4.69) is 15.3 Å². The molecular formula is C19H27IN4O12P2. The number of ether oxygens (including phenoxy) is 2. The summed E-state index contributed by atoms with van der Waals surface area (Å²) in [5.74, 6) is 0.651. The molecule has 38 heavy (non-hydrogen) atoms. The van der Waals surface area contributed by atoms with Gasteiger partial charge in [-0.3, -0.25) is 13.6 Å². The molecule has 2 unspecified atom stereocenters. The Kier molecular flexibility index (Phi) is 8.77. The zero-order valence-corrected chi connectivity index (χ0v) is 23.6. The minimum absolute atomic E-state index is 0.479. The van der Waals surface area contributed by atoms with Crippen LogP contribution in [0.3, 0.4) is 0 Å². The Balaban J connectivity index is 1.29. The van der Waals surface area contributed by atoms with Crippen LogP contribution in [0.4, 0.5) is 5.82 Å². The summed E-state index contributed by atoms with van der Waals surface area (Å²) in [6.07, 6.45) is -4.24. The van der Waals surface area contributed by atoms with Crippen molar-refractivity contribution in [2.75, 3.05) is 25.1 Å². The molecule has 2 aromatic rings. The monoisotopic (exact) mass is 692 g/mol. The summed E-state index contributed by atoms with van der Waals surface area (Å²) in [6.45, 7) is -0.517. The number of hydrogen-bond acceptors (Lipinski definition) is 13. The van der Waals surface area contributed by atoms with Crippen molar-refractivity contribution in [1.82, 2.24) is 14.5 Å². The first-order valence-electron chi connectivity index (χ1n) is 11.6. The second-order valence-corrected chi connectivity index (χ2v) is 12.4. The molecule has 2 aromatic heterocycles. The number of nitrogens with zero attached hydrogens (tertiary/aromatic N) is 3. The standard InChI is InChI=1S/C19H27IN4O12P2/c20-16-15(35-37(28)29)12(26)10(33-16)6-32-38(30,31)36-14-9(5-25)34-19(13(14)27)24-4-8-2-1-3-21-17-11(8)18(24)23-7-22-17/h4,7,9-10,12-16,19,25-27,37H,1-3,5-6H2,(H,28,29)(H,30,31)(H,21,22,23)/t9-,10-,12-,13-,14-,15-,16-,19-/m1/s1. The van der Waals surface area contributed by atoms with Gasteiger partial charge in [0.25, 0.3) is 0 Å². The van der Waals surface area contributed by atoms with Gasteiger partial charge in [0.05, 0.1) is 18.6 Å². The fraction of sp³-hybridized carbons (Fsp3) is 0.684. The highest BCUT2D eigenvalue weighted by Gasteiger charge is 2.50. The van der Waals surface area contributed by atoms with Gasteiger partial charge in [0.2, 0.25) is 0 Å². The second-order valence-electron chi connectivity index (χ2n) is 8.95. The number of aryl methyl sites for hydroxylation is 1. The summed E-state index contributed by atoms with van der Waals surface area (Å²) in [6, 6.07) is 0. The van der Waals surface area contributed by atoms with Gasteiger partial charge in [-0.2, -0.15) is 0 Å². The van der Waals surface area contributed by atoms with Gasteiger partial charge >= 0.3 is 16.1 Å². The first-order valence-corrected chi connectivity index (χ1v) is 15.7. The number of hydrogen-bond donors (Lipinski definition) is 6. The van der Waals surface area contributed by atoms with Crippen molar-refractivity contribution in [3.05, 3.63) is 18.1 Å². The maximum absolute atomic E-state index is 12.8. The molecule has 0 aliphatic carbocycles.